The minimum Gasteiger partial charge on any atom is -0.492 e. The molecule has 4 aromatic carbocycles. The molecule has 10 nitrogen and oxygen atoms in total. The zero-order valence-corrected chi connectivity index (χ0v) is 29.1. The van der Waals surface area contributed by atoms with Crippen LogP contribution in [0.1, 0.15) is 49.8 Å². The fourth-order valence-corrected chi connectivity index (χ4v) is 7.09. The Morgan fingerprint density at radius 1 is 0.843 bits per heavy atom. The molecule has 0 aromatic heterocycles. The van der Waals surface area contributed by atoms with Crippen LogP contribution in [0.15, 0.2) is 103 Å². The Morgan fingerprint density at radius 3 is 2.02 bits per heavy atom. The SMILES string of the molecule is CCOC(Cc1ccc(OCCN2c3ccccc3Oc3ccccc32)cc1)C(=O)O.CN1[C@@H]2CC[C@H]1C[C@@H](OC(=O)C(O)c1ccccc1)C2. The Labute approximate surface area is 299 Å². The number of para-hydroxylation sites is 4. The summed E-state index contributed by atoms with van der Waals surface area (Å²) in [4.78, 5) is 27.9. The molecule has 5 atom stereocenters. The number of ether oxygens (including phenoxy) is 4. The highest BCUT2D eigenvalue weighted by molar-refractivity contribution is 5.78. The number of carbonyl (C=O) groups excluding carboxylic acids is 1. The molecular weight excluding hydrogens is 648 g/mol. The number of fused-ring (bicyclic) bond motifs is 4. The van der Waals surface area contributed by atoms with Gasteiger partial charge in [-0.1, -0.05) is 66.7 Å². The van der Waals surface area contributed by atoms with Gasteiger partial charge in [0.1, 0.15) is 18.5 Å². The minimum absolute atomic E-state index is 0.0467. The quantitative estimate of drug-likeness (QED) is 0.151. The van der Waals surface area contributed by atoms with Crippen molar-refractivity contribution in [2.45, 2.75) is 69.4 Å². The fraction of sp³-hybridized carbons (Fsp3) is 0.366. The fourth-order valence-electron chi connectivity index (χ4n) is 7.09. The van der Waals surface area contributed by atoms with Gasteiger partial charge in [-0.3, -0.25) is 0 Å². The van der Waals surface area contributed by atoms with Crippen molar-refractivity contribution in [3.05, 3.63) is 114 Å². The largest absolute Gasteiger partial charge is 0.492 e. The number of piperidine rings is 1. The third-order valence-electron chi connectivity index (χ3n) is 9.78. The molecule has 3 heterocycles. The number of carboxylic acids is 1. The maximum atomic E-state index is 12.0. The zero-order valence-electron chi connectivity index (χ0n) is 29.1. The van der Waals surface area contributed by atoms with Crippen LogP contribution in [-0.4, -0.2) is 78.1 Å². The zero-order chi connectivity index (χ0) is 35.7. The van der Waals surface area contributed by atoms with E-state index in [9.17, 15) is 19.8 Å². The van der Waals surface area contributed by atoms with Crippen molar-refractivity contribution in [1.29, 1.82) is 0 Å². The number of hydrogen-bond donors (Lipinski definition) is 2. The molecular formula is C41H46N2O8. The number of aliphatic hydroxyl groups is 1. The lowest BCUT2D eigenvalue weighted by atomic mass is 10.0. The van der Waals surface area contributed by atoms with Gasteiger partial charge in [0.05, 0.1) is 17.9 Å². The third kappa shape index (κ3) is 8.89. The van der Waals surface area contributed by atoms with E-state index in [1.807, 2.05) is 91.0 Å². The average Bonchev–Trinajstić information content (AvgIpc) is 3.34. The van der Waals surface area contributed by atoms with Crippen LogP contribution >= 0.6 is 0 Å². The first kappa shape index (κ1) is 35.9. The highest BCUT2D eigenvalue weighted by Crippen LogP contribution is 2.46. The Bertz CT molecular complexity index is 1690. The highest BCUT2D eigenvalue weighted by atomic mass is 16.6. The standard InChI is InChI=1S/C25H25NO5.C16H21NO3/c1-2-29-24(25(27)28)17-18-11-13-19(14-12-18)30-16-15-26-20-7-3-5-9-22(20)31-23-10-6-4-8-21(23)26;1-17-12-7-8-13(17)10-14(9-12)20-16(19)15(18)11-5-3-2-4-6-11/h3-14,24H,2,15-17H2,1H3,(H,27,28);2-6,12-15,18H,7-10H2,1H3/t;12-,13+,14+,15?. The van der Waals surface area contributed by atoms with Gasteiger partial charge in [-0.15, -0.1) is 0 Å². The first-order valence-electron chi connectivity index (χ1n) is 17.7. The van der Waals surface area contributed by atoms with Crippen LogP contribution in [0.3, 0.4) is 0 Å². The molecule has 2 saturated heterocycles. The smallest absolute Gasteiger partial charge is 0.339 e. The van der Waals surface area contributed by atoms with Gasteiger partial charge >= 0.3 is 11.9 Å². The number of aliphatic hydroxyl groups excluding tert-OH is 1. The first-order valence-corrected chi connectivity index (χ1v) is 17.7. The number of esters is 1. The van der Waals surface area contributed by atoms with E-state index in [4.69, 9.17) is 18.9 Å². The molecule has 7 rings (SSSR count). The molecule has 4 aromatic rings. The number of benzene rings is 4. The Morgan fingerprint density at radius 2 is 1.43 bits per heavy atom. The van der Waals surface area contributed by atoms with Gasteiger partial charge in [0, 0.05) is 25.1 Å². The van der Waals surface area contributed by atoms with E-state index in [0.717, 1.165) is 47.0 Å². The summed E-state index contributed by atoms with van der Waals surface area (Å²) in [7, 11) is 2.15. The van der Waals surface area contributed by atoms with Crippen LogP contribution in [0.5, 0.6) is 17.2 Å². The monoisotopic (exact) mass is 694 g/mol. The molecule has 0 amide bonds. The van der Waals surface area contributed by atoms with Crippen molar-refractivity contribution in [3.63, 3.8) is 0 Å². The van der Waals surface area contributed by atoms with Crippen molar-refractivity contribution < 1.29 is 38.7 Å². The van der Waals surface area contributed by atoms with Crippen LogP contribution in [0, 0.1) is 0 Å². The van der Waals surface area contributed by atoms with Crippen LogP contribution in [-0.2, 0) is 25.5 Å². The lowest BCUT2D eigenvalue weighted by Gasteiger charge is -2.36. The predicted octanol–water partition coefficient (Wildman–Crippen LogP) is 6.93. The molecule has 3 aliphatic rings. The maximum absolute atomic E-state index is 12.0. The number of carbonyl (C=O) groups is 2. The van der Waals surface area contributed by atoms with E-state index in [1.54, 1.807) is 19.1 Å². The summed E-state index contributed by atoms with van der Waals surface area (Å²) in [5.41, 5.74) is 3.50. The van der Waals surface area contributed by atoms with Gasteiger partial charge < -0.3 is 39.0 Å². The average molecular weight is 695 g/mol. The summed E-state index contributed by atoms with van der Waals surface area (Å²) in [5.74, 6) is 0.918. The predicted molar refractivity (Wildman–Crippen MR) is 194 cm³/mol. The summed E-state index contributed by atoms with van der Waals surface area (Å²) in [5, 5.41) is 19.3. The first-order chi connectivity index (χ1) is 24.8. The molecule has 2 N–H and O–H groups in total. The van der Waals surface area contributed by atoms with E-state index < -0.39 is 24.1 Å². The number of carboxylic acid groups (broad SMARTS) is 1. The second kappa shape index (κ2) is 16.9. The lowest BCUT2D eigenvalue weighted by molar-refractivity contribution is -0.162. The Balaban J connectivity index is 0.000000193. The molecule has 2 bridgehead atoms. The molecule has 0 radical (unpaired) electrons. The van der Waals surface area contributed by atoms with Crippen molar-refractivity contribution in [2.24, 2.45) is 0 Å². The molecule has 0 aliphatic carbocycles. The van der Waals surface area contributed by atoms with E-state index in [2.05, 4.69) is 16.8 Å². The number of hydrogen-bond acceptors (Lipinski definition) is 9. The van der Waals surface area contributed by atoms with E-state index in [1.165, 1.54) is 12.8 Å². The van der Waals surface area contributed by atoms with Crippen LogP contribution in [0.25, 0.3) is 0 Å². The lowest BCUT2D eigenvalue weighted by Crippen LogP contribution is -2.43. The summed E-state index contributed by atoms with van der Waals surface area (Å²) in [6.45, 7) is 3.30. The topological polar surface area (TPSA) is 118 Å². The molecule has 0 spiro atoms. The van der Waals surface area contributed by atoms with Crippen molar-refractivity contribution in [1.82, 2.24) is 4.90 Å². The molecule has 268 valence electrons. The normalized spacial score (nSPS) is 20.1. The van der Waals surface area contributed by atoms with E-state index in [0.29, 0.717) is 43.8 Å². The van der Waals surface area contributed by atoms with Crippen LogP contribution in [0.4, 0.5) is 11.4 Å². The number of rotatable bonds is 12. The summed E-state index contributed by atoms with van der Waals surface area (Å²) in [6, 6.07) is 33.4. The minimum atomic E-state index is -1.17. The van der Waals surface area contributed by atoms with E-state index in [-0.39, 0.29) is 6.10 Å². The number of nitrogens with zero attached hydrogens (tertiary/aromatic N) is 2. The van der Waals surface area contributed by atoms with Crippen molar-refractivity contribution >= 4 is 23.3 Å². The molecule has 0 saturated carbocycles. The van der Waals surface area contributed by atoms with Crippen LogP contribution in [0.2, 0.25) is 0 Å². The molecule has 51 heavy (non-hydrogen) atoms. The maximum Gasteiger partial charge on any atom is 0.339 e. The summed E-state index contributed by atoms with van der Waals surface area (Å²) in [6.07, 6.45) is 2.43. The number of anilines is 2. The van der Waals surface area contributed by atoms with Gasteiger partial charge in [-0.2, -0.15) is 0 Å². The van der Waals surface area contributed by atoms with Crippen LogP contribution < -0.4 is 14.4 Å². The third-order valence-corrected chi connectivity index (χ3v) is 9.78. The Kier molecular flexibility index (Phi) is 11.9. The molecule has 2 unspecified atom stereocenters. The van der Waals surface area contributed by atoms with Gasteiger partial charge in [-0.25, -0.2) is 9.59 Å². The second-order valence-corrected chi connectivity index (χ2v) is 13.1. The van der Waals surface area contributed by atoms with Gasteiger partial charge in [0.15, 0.2) is 23.7 Å². The summed E-state index contributed by atoms with van der Waals surface area (Å²) < 4.78 is 22.8. The van der Waals surface area contributed by atoms with E-state index >= 15 is 0 Å². The number of aliphatic carboxylic acids is 1. The second-order valence-electron chi connectivity index (χ2n) is 13.1. The highest BCUT2D eigenvalue weighted by Gasteiger charge is 2.40. The Hall–Kier alpha value is -4.90. The van der Waals surface area contributed by atoms with Gasteiger partial charge in [-0.05, 0) is 87.2 Å². The van der Waals surface area contributed by atoms with Crippen molar-refractivity contribution in [2.75, 3.05) is 31.7 Å². The molecule has 2 fully saturated rings. The van der Waals surface area contributed by atoms with Gasteiger partial charge in [0.2, 0.25) is 0 Å². The summed E-state index contributed by atoms with van der Waals surface area (Å²) >= 11 is 0. The van der Waals surface area contributed by atoms with Gasteiger partial charge in [0.25, 0.3) is 0 Å². The molecule has 10 heteroatoms. The molecule has 3 aliphatic heterocycles. The van der Waals surface area contributed by atoms with Crippen molar-refractivity contribution in [3.8, 4) is 17.2 Å².